The van der Waals surface area contributed by atoms with Gasteiger partial charge in [0, 0.05) is 0 Å². The van der Waals surface area contributed by atoms with Crippen molar-refractivity contribution in [3.63, 3.8) is 0 Å². The van der Waals surface area contributed by atoms with Gasteiger partial charge in [-0.1, -0.05) is 12.1 Å². The van der Waals surface area contributed by atoms with Crippen molar-refractivity contribution in [1.29, 1.82) is 0 Å². The van der Waals surface area contributed by atoms with E-state index >= 15 is 0 Å². The number of nitrogens with one attached hydrogen (secondary N) is 1. The Morgan fingerprint density at radius 3 is 2.79 bits per heavy atom. The van der Waals surface area contributed by atoms with E-state index in [9.17, 15) is 13.2 Å². The molecule has 1 heterocycles. The van der Waals surface area contributed by atoms with Gasteiger partial charge in [0.05, 0.1) is 29.7 Å². The normalized spacial score (nSPS) is 21.0. The zero-order valence-electron chi connectivity index (χ0n) is 10.8. The Balaban J connectivity index is 2.07. The molecule has 0 unspecified atom stereocenters. The first kappa shape index (κ1) is 13.9. The molecule has 5 nitrogen and oxygen atoms in total. The number of benzene rings is 1. The average Bonchev–Trinajstić information content (AvgIpc) is 2.73. The Morgan fingerprint density at radius 1 is 1.42 bits per heavy atom. The van der Waals surface area contributed by atoms with Gasteiger partial charge in [0.1, 0.15) is 5.75 Å². The van der Waals surface area contributed by atoms with Gasteiger partial charge in [0.2, 0.25) is 5.91 Å². The molecule has 0 aromatic heterocycles. The van der Waals surface area contributed by atoms with Crippen molar-refractivity contribution >= 4 is 21.4 Å². The van der Waals surface area contributed by atoms with E-state index < -0.39 is 15.8 Å². The molecule has 1 atom stereocenters. The molecule has 1 aromatic rings. The van der Waals surface area contributed by atoms with E-state index in [2.05, 4.69) is 5.32 Å². The van der Waals surface area contributed by atoms with Crippen LogP contribution in [0.2, 0.25) is 0 Å². The van der Waals surface area contributed by atoms with Crippen molar-refractivity contribution in [2.75, 3.05) is 23.4 Å². The van der Waals surface area contributed by atoms with Gasteiger partial charge in [-0.25, -0.2) is 8.42 Å². The van der Waals surface area contributed by atoms with E-state index in [1.54, 1.807) is 18.2 Å². The molecule has 6 heteroatoms. The van der Waals surface area contributed by atoms with Crippen LogP contribution >= 0.6 is 0 Å². The van der Waals surface area contributed by atoms with Crippen molar-refractivity contribution in [2.45, 2.75) is 13.3 Å². The summed E-state index contributed by atoms with van der Waals surface area (Å²) in [5.74, 6) is -0.0829. The van der Waals surface area contributed by atoms with Crippen molar-refractivity contribution in [3.8, 4) is 5.75 Å². The molecule has 1 N–H and O–H groups in total. The fourth-order valence-electron chi connectivity index (χ4n) is 2.09. The maximum absolute atomic E-state index is 12.0. The summed E-state index contributed by atoms with van der Waals surface area (Å²) in [5.41, 5.74) is 0.582. The molecule has 19 heavy (non-hydrogen) atoms. The number of sulfone groups is 1. The number of anilines is 1. The third-order valence-corrected chi connectivity index (χ3v) is 4.82. The average molecular weight is 283 g/mol. The van der Waals surface area contributed by atoms with Crippen LogP contribution in [0, 0.1) is 5.92 Å². The van der Waals surface area contributed by atoms with Gasteiger partial charge in [-0.3, -0.25) is 4.79 Å². The second-order valence-corrected chi connectivity index (χ2v) is 6.75. The molecular formula is C13H17NO4S. The Labute approximate surface area is 112 Å². The van der Waals surface area contributed by atoms with Crippen LogP contribution in [0.3, 0.4) is 0 Å². The van der Waals surface area contributed by atoms with Gasteiger partial charge in [-0.2, -0.15) is 0 Å². The number of hydrogen-bond acceptors (Lipinski definition) is 4. The van der Waals surface area contributed by atoms with Gasteiger partial charge >= 0.3 is 0 Å². The predicted octanol–water partition coefficient (Wildman–Crippen LogP) is 1.46. The summed E-state index contributed by atoms with van der Waals surface area (Å²) in [5, 5.41) is 2.75. The number of amides is 1. The lowest BCUT2D eigenvalue weighted by atomic mass is 10.1. The minimum Gasteiger partial charge on any atom is -0.492 e. The van der Waals surface area contributed by atoms with Crippen LogP contribution in [-0.4, -0.2) is 32.4 Å². The minimum absolute atomic E-state index is 0.0599. The maximum Gasteiger partial charge on any atom is 0.228 e. The van der Waals surface area contributed by atoms with E-state index in [0.29, 0.717) is 24.5 Å². The molecule has 0 radical (unpaired) electrons. The first-order chi connectivity index (χ1) is 9.02. The highest BCUT2D eigenvalue weighted by molar-refractivity contribution is 7.91. The van der Waals surface area contributed by atoms with Crippen molar-refractivity contribution < 1.29 is 17.9 Å². The SMILES string of the molecule is CCOc1ccccc1NC(=O)[C@H]1CCS(=O)(=O)C1. The van der Waals surface area contributed by atoms with Crippen LogP contribution in [0.1, 0.15) is 13.3 Å². The monoisotopic (exact) mass is 283 g/mol. The summed E-state index contributed by atoms with van der Waals surface area (Å²) in [4.78, 5) is 12.0. The van der Waals surface area contributed by atoms with Crippen molar-refractivity contribution in [2.24, 2.45) is 5.92 Å². The lowest BCUT2D eigenvalue weighted by Gasteiger charge is -2.13. The number of hydrogen-bond donors (Lipinski definition) is 1. The molecular weight excluding hydrogens is 266 g/mol. The summed E-state index contributed by atoms with van der Waals surface area (Å²) < 4.78 is 28.1. The van der Waals surface area contributed by atoms with Crippen molar-refractivity contribution in [1.82, 2.24) is 0 Å². The molecule has 1 saturated heterocycles. The van der Waals surface area contributed by atoms with Gasteiger partial charge in [-0.15, -0.1) is 0 Å². The standard InChI is InChI=1S/C13H17NO4S/c1-2-18-12-6-4-3-5-11(12)14-13(15)10-7-8-19(16,17)9-10/h3-6,10H,2,7-9H2,1H3,(H,14,15)/t10-/m0/s1. The molecule has 0 spiro atoms. The summed E-state index contributed by atoms with van der Waals surface area (Å²) >= 11 is 0. The molecule has 2 rings (SSSR count). The van der Waals surface area contributed by atoms with E-state index in [1.165, 1.54) is 0 Å². The van der Waals surface area contributed by atoms with Crippen LogP contribution in [0.25, 0.3) is 0 Å². The van der Waals surface area contributed by atoms with E-state index in [1.807, 2.05) is 13.0 Å². The molecule has 0 saturated carbocycles. The molecule has 1 aromatic carbocycles. The fourth-order valence-corrected chi connectivity index (χ4v) is 3.83. The number of para-hydroxylation sites is 2. The molecule has 104 valence electrons. The lowest BCUT2D eigenvalue weighted by Crippen LogP contribution is -2.24. The molecule has 1 aliphatic rings. The van der Waals surface area contributed by atoms with Crippen LogP contribution in [0.15, 0.2) is 24.3 Å². The number of carbonyl (C=O) groups is 1. The Morgan fingerprint density at radius 2 is 2.16 bits per heavy atom. The summed E-state index contributed by atoms with van der Waals surface area (Å²) in [6.45, 7) is 2.37. The Bertz CT molecular complexity index is 568. The molecule has 1 fully saturated rings. The number of rotatable bonds is 4. The van der Waals surface area contributed by atoms with Crippen LogP contribution in [0.4, 0.5) is 5.69 Å². The fraction of sp³-hybridized carbons (Fsp3) is 0.462. The molecule has 0 bridgehead atoms. The zero-order valence-corrected chi connectivity index (χ0v) is 11.6. The zero-order chi connectivity index (χ0) is 13.9. The third-order valence-electron chi connectivity index (χ3n) is 3.05. The summed E-state index contributed by atoms with van der Waals surface area (Å²) in [6.07, 6.45) is 0.394. The highest BCUT2D eigenvalue weighted by atomic mass is 32.2. The summed E-state index contributed by atoms with van der Waals surface area (Å²) in [6, 6.07) is 7.13. The highest BCUT2D eigenvalue weighted by Gasteiger charge is 2.33. The van der Waals surface area contributed by atoms with Gasteiger partial charge in [0.15, 0.2) is 9.84 Å². The van der Waals surface area contributed by atoms with Gasteiger partial charge < -0.3 is 10.1 Å². The largest absolute Gasteiger partial charge is 0.492 e. The predicted molar refractivity (Wildman–Crippen MR) is 73.0 cm³/mol. The first-order valence-electron chi connectivity index (χ1n) is 6.25. The second-order valence-electron chi connectivity index (χ2n) is 4.52. The van der Waals surface area contributed by atoms with Gasteiger partial charge in [-0.05, 0) is 25.5 Å². The minimum atomic E-state index is -3.05. The Hall–Kier alpha value is -1.56. The van der Waals surface area contributed by atoms with Crippen molar-refractivity contribution in [3.05, 3.63) is 24.3 Å². The van der Waals surface area contributed by atoms with E-state index in [4.69, 9.17) is 4.74 Å². The summed E-state index contributed by atoms with van der Waals surface area (Å²) in [7, 11) is -3.05. The topological polar surface area (TPSA) is 72.5 Å². The van der Waals surface area contributed by atoms with Gasteiger partial charge in [0.25, 0.3) is 0 Å². The van der Waals surface area contributed by atoms with Crippen LogP contribution in [0.5, 0.6) is 5.75 Å². The first-order valence-corrected chi connectivity index (χ1v) is 8.07. The van der Waals surface area contributed by atoms with E-state index in [-0.39, 0.29) is 17.4 Å². The van der Waals surface area contributed by atoms with E-state index in [0.717, 1.165) is 0 Å². The quantitative estimate of drug-likeness (QED) is 0.908. The highest BCUT2D eigenvalue weighted by Crippen LogP contribution is 2.26. The van der Waals surface area contributed by atoms with Crippen LogP contribution < -0.4 is 10.1 Å². The third kappa shape index (κ3) is 3.47. The lowest BCUT2D eigenvalue weighted by molar-refractivity contribution is -0.119. The second kappa shape index (κ2) is 5.61. The molecule has 1 aliphatic heterocycles. The number of ether oxygens (including phenoxy) is 1. The molecule has 1 amide bonds. The van der Waals surface area contributed by atoms with Crippen LogP contribution in [-0.2, 0) is 14.6 Å². The molecule has 0 aliphatic carbocycles. The maximum atomic E-state index is 12.0. The number of carbonyl (C=O) groups excluding carboxylic acids is 1. The Kier molecular flexibility index (Phi) is 4.09. The smallest absolute Gasteiger partial charge is 0.228 e.